The van der Waals surface area contributed by atoms with Crippen LogP contribution in [0.1, 0.15) is 12.8 Å². The van der Waals surface area contributed by atoms with Gasteiger partial charge in [0, 0.05) is 6.54 Å². The summed E-state index contributed by atoms with van der Waals surface area (Å²) in [4.78, 5) is 11.3. The normalized spacial score (nSPS) is 23.2. The van der Waals surface area contributed by atoms with E-state index in [1.165, 1.54) is 24.3 Å². The lowest BCUT2D eigenvalue weighted by Gasteiger charge is -2.18. The highest BCUT2D eigenvalue weighted by atomic mass is 32.2. The first-order valence-electron chi connectivity index (χ1n) is 5.12. The second-order valence-corrected chi connectivity index (χ2v) is 5.13. The van der Waals surface area contributed by atoms with E-state index in [-0.39, 0.29) is 11.9 Å². The van der Waals surface area contributed by atoms with Crippen molar-refractivity contribution >= 4 is 17.3 Å². The maximum absolute atomic E-state index is 12.7. The van der Waals surface area contributed by atoms with Crippen LogP contribution in [0.3, 0.4) is 0 Å². The molecule has 0 saturated carbocycles. The molecule has 2 atom stereocenters. The van der Waals surface area contributed by atoms with Crippen molar-refractivity contribution < 1.29 is 13.4 Å². The molecule has 3 nitrogen and oxygen atoms in total. The summed E-state index contributed by atoms with van der Waals surface area (Å²) in [6, 6.07) is 5.27. The maximum Gasteiger partial charge on any atom is 0.138 e. The number of rotatable bonds is 3. The molecular formula is C11H12FNO2S. The summed E-state index contributed by atoms with van der Waals surface area (Å²) in [6.45, 7) is 0.646. The van der Waals surface area contributed by atoms with Gasteiger partial charge in [0.05, 0.1) is 10.9 Å². The Balaban J connectivity index is 2.18. The van der Waals surface area contributed by atoms with E-state index >= 15 is 0 Å². The first-order chi connectivity index (χ1) is 7.72. The Kier molecular flexibility index (Phi) is 3.46. The van der Waals surface area contributed by atoms with E-state index in [1.54, 1.807) is 4.31 Å². The van der Waals surface area contributed by atoms with Crippen LogP contribution in [0.2, 0.25) is 0 Å². The van der Waals surface area contributed by atoms with Gasteiger partial charge in [-0.05, 0) is 37.1 Å². The highest BCUT2D eigenvalue weighted by Crippen LogP contribution is 2.21. The van der Waals surface area contributed by atoms with Crippen LogP contribution < -0.4 is 0 Å². The van der Waals surface area contributed by atoms with Gasteiger partial charge in [-0.2, -0.15) is 0 Å². The minimum atomic E-state index is -1.36. The molecule has 1 fully saturated rings. The molecule has 16 heavy (non-hydrogen) atoms. The van der Waals surface area contributed by atoms with Crippen molar-refractivity contribution in [2.75, 3.05) is 6.54 Å². The molecular weight excluding hydrogens is 229 g/mol. The summed E-state index contributed by atoms with van der Waals surface area (Å²) in [5, 5.41) is 0. The quantitative estimate of drug-likeness (QED) is 0.752. The van der Waals surface area contributed by atoms with Crippen LogP contribution in [0.4, 0.5) is 4.39 Å². The van der Waals surface area contributed by atoms with E-state index in [9.17, 15) is 13.4 Å². The van der Waals surface area contributed by atoms with Gasteiger partial charge in [0.2, 0.25) is 0 Å². The van der Waals surface area contributed by atoms with Crippen molar-refractivity contribution in [3.05, 3.63) is 30.1 Å². The van der Waals surface area contributed by atoms with Crippen molar-refractivity contribution in [1.29, 1.82) is 0 Å². The van der Waals surface area contributed by atoms with Crippen molar-refractivity contribution in [3.63, 3.8) is 0 Å². The Morgan fingerprint density at radius 3 is 2.69 bits per heavy atom. The van der Waals surface area contributed by atoms with E-state index in [0.29, 0.717) is 11.4 Å². The zero-order valence-corrected chi connectivity index (χ0v) is 9.45. The molecule has 0 N–H and O–H groups in total. The molecule has 1 aliphatic rings. The average molecular weight is 241 g/mol. The Bertz CT molecular complexity index is 407. The highest BCUT2D eigenvalue weighted by molar-refractivity contribution is 7.82. The van der Waals surface area contributed by atoms with Crippen LogP contribution in [0.15, 0.2) is 29.2 Å². The number of aldehydes is 1. The summed E-state index contributed by atoms with van der Waals surface area (Å²) in [6.07, 6.45) is 2.45. The fraction of sp³-hybridized carbons (Fsp3) is 0.364. The van der Waals surface area contributed by atoms with Crippen LogP contribution in [-0.2, 0) is 15.8 Å². The van der Waals surface area contributed by atoms with E-state index in [4.69, 9.17) is 0 Å². The SMILES string of the molecule is O=C[C@@H]1CCCN1S(=O)c1ccc(F)cc1. The number of halogens is 1. The van der Waals surface area contributed by atoms with Gasteiger partial charge in [-0.3, -0.25) is 0 Å². The zero-order valence-electron chi connectivity index (χ0n) is 8.64. The molecule has 86 valence electrons. The minimum Gasteiger partial charge on any atom is -0.302 e. The second-order valence-electron chi connectivity index (χ2n) is 3.69. The third kappa shape index (κ3) is 2.20. The highest BCUT2D eigenvalue weighted by Gasteiger charge is 2.29. The van der Waals surface area contributed by atoms with Crippen molar-refractivity contribution in [3.8, 4) is 0 Å². The summed E-state index contributed by atoms with van der Waals surface area (Å²) in [5.41, 5.74) is 0. The Hall–Kier alpha value is -1.07. The lowest BCUT2D eigenvalue weighted by atomic mass is 10.2. The molecule has 0 spiro atoms. The van der Waals surface area contributed by atoms with Crippen LogP contribution in [0.5, 0.6) is 0 Å². The van der Waals surface area contributed by atoms with Gasteiger partial charge in [0.25, 0.3) is 0 Å². The van der Waals surface area contributed by atoms with E-state index in [1.807, 2.05) is 0 Å². The molecule has 1 saturated heterocycles. The van der Waals surface area contributed by atoms with Crippen LogP contribution in [0, 0.1) is 5.82 Å². The van der Waals surface area contributed by atoms with Gasteiger partial charge in [-0.25, -0.2) is 12.9 Å². The fourth-order valence-corrected chi connectivity index (χ4v) is 3.13. The number of nitrogens with zero attached hydrogens (tertiary/aromatic N) is 1. The standard InChI is InChI=1S/C11H12FNO2S/c12-9-3-5-11(6-4-9)16(15)13-7-1-2-10(13)8-14/h3-6,8,10H,1-2,7H2/t10-,16?/m0/s1. The largest absolute Gasteiger partial charge is 0.302 e. The number of benzene rings is 1. The van der Waals surface area contributed by atoms with E-state index in [2.05, 4.69) is 0 Å². The van der Waals surface area contributed by atoms with Gasteiger partial charge in [-0.1, -0.05) is 0 Å². The second kappa shape index (κ2) is 4.84. The van der Waals surface area contributed by atoms with E-state index in [0.717, 1.165) is 19.1 Å². The number of hydrogen-bond acceptors (Lipinski definition) is 2. The molecule has 0 aromatic heterocycles. The van der Waals surface area contributed by atoms with Crippen LogP contribution >= 0.6 is 0 Å². The van der Waals surface area contributed by atoms with Gasteiger partial charge in [0.15, 0.2) is 0 Å². The first-order valence-corrected chi connectivity index (χ1v) is 6.22. The molecule has 0 aliphatic carbocycles. The van der Waals surface area contributed by atoms with Crippen LogP contribution in [-0.4, -0.2) is 27.4 Å². The Morgan fingerprint density at radius 2 is 2.06 bits per heavy atom. The molecule has 0 radical (unpaired) electrons. The summed E-state index contributed by atoms with van der Waals surface area (Å²) >= 11 is 0. The van der Waals surface area contributed by atoms with Gasteiger partial charge < -0.3 is 4.79 Å². The lowest BCUT2D eigenvalue weighted by Crippen LogP contribution is -2.32. The summed E-state index contributed by atoms with van der Waals surface area (Å²) in [7, 11) is -1.36. The summed E-state index contributed by atoms with van der Waals surface area (Å²) in [5.74, 6) is -0.353. The molecule has 1 aliphatic heterocycles. The molecule has 1 aromatic rings. The molecule has 1 aromatic carbocycles. The Morgan fingerprint density at radius 1 is 1.38 bits per heavy atom. The lowest BCUT2D eigenvalue weighted by molar-refractivity contribution is -0.110. The predicted molar refractivity (Wildman–Crippen MR) is 58.6 cm³/mol. The third-order valence-electron chi connectivity index (χ3n) is 2.63. The number of carbonyl (C=O) groups is 1. The third-order valence-corrected chi connectivity index (χ3v) is 4.19. The van der Waals surface area contributed by atoms with Gasteiger partial charge >= 0.3 is 0 Å². The zero-order chi connectivity index (χ0) is 11.5. The Labute approximate surface area is 95.8 Å². The van der Waals surface area contributed by atoms with E-state index < -0.39 is 11.0 Å². The fourth-order valence-electron chi connectivity index (χ4n) is 1.79. The molecule has 1 heterocycles. The van der Waals surface area contributed by atoms with Gasteiger partial charge in [0.1, 0.15) is 23.1 Å². The number of carbonyl (C=O) groups excluding carboxylic acids is 1. The minimum absolute atomic E-state index is 0.272. The number of hydrogen-bond donors (Lipinski definition) is 0. The van der Waals surface area contributed by atoms with Gasteiger partial charge in [-0.15, -0.1) is 0 Å². The maximum atomic E-state index is 12.7. The van der Waals surface area contributed by atoms with Crippen molar-refractivity contribution in [2.45, 2.75) is 23.8 Å². The van der Waals surface area contributed by atoms with Crippen LogP contribution in [0.25, 0.3) is 0 Å². The summed E-state index contributed by atoms with van der Waals surface area (Å²) < 4.78 is 26.4. The first kappa shape index (κ1) is 11.4. The molecule has 2 rings (SSSR count). The predicted octanol–water partition coefficient (Wildman–Crippen LogP) is 1.51. The van der Waals surface area contributed by atoms with Crippen molar-refractivity contribution in [1.82, 2.24) is 4.31 Å². The monoisotopic (exact) mass is 241 g/mol. The van der Waals surface area contributed by atoms with Crippen molar-refractivity contribution in [2.24, 2.45) is 0 Å². The molecule has 0 amide bonds. The topological polar surface area (TPSA) is 37.4 Å². The molecule has 1 unspecified atom stereocenters. The molecule has 0 bridgehead atoms. The smallest absolute Gasteiger partial charge is 0.138 e. The average Bonchev–Trinajstić information content (AvgIpc) is 2.77. The molecule has 5 heteroatoms.